The van der Waals surface area contributed by atoms with Crippen LogP contribution in [0, 0.1) is 0 Å². The number of aromatic hydroxyl groups is 1. The monoisotopic (exact) mass is 460 g/mol. The number of rotatable bonds is 7. The van der Waals surface area contributed by atoms with Crippen molar-refractivity contribution in [2.75, 3.05) is 18.5 Å². The minimum absolute atomic E-state index is 0.0244. The van der Waals surface area contributed by atoms with E-state index in [9.17, 15) is 15.0 Å². The Morgan fingerprint density at radius 2 is 2.06 bits per heavy atom. The predicted octanol–water partition coefficient (Wildman–Crippen LogP) is 3.65. The second-order valence-corrected chi connectivity index (χ2v) is 9.16. The molecule has 1 saturated carbocycles. The molecule has 0 bridgehead atoms. The van der Waals surface area contributed by atoms with E-state index >= 15 is 0 Å². The van der Waals surface area contributed by atoms with Gasteiger partial charge in [0.15, 0.2) is 0 Å². The number of phenols is 1. The topological polar surface area (TPSA) is 100 Å². The first kappa shape index (κ1) is 22.7. The molecular weight excluding hydrogens is 432 g/mol. The van der Waals surface area contributed by atoms with Gasteiger partial charge in [-0.05, 0) is 61.6 Å². The van der Waals surface area contributed by atoms with Gasteiger partial charge in [0.25, 0.3) is 0 Å². The molecule has 4 rings (SSSR count). The summed E-state index contributed by atoms with van der Waals surface area (Å²) in [5, 5.41) is 26.9. The van der Waals surface area contributed by atoms with Crippen LogP contribution in [0.25, 0.3) is 0 Å². The molecule has 0 radical (unpaired) electrons. The smallest absolute Gasteiger partial charge is 0.221 e. The average Bonchev–Trinajstić information content (AvgIpc) is 3.10. The Morgan fingerprint density at radius 3 is 2.81 bits per heavy atom. The molecule has 7 nitrogen and oxygen atoms in total. The van der Waals surface area contributed by atoms with Crippen LogP contribution < -0.4 is 20.1 Å². The molecule has 1 spiro atoms. The lowest BCUT2D eigenvalue weighted by atomic mass is 9.79. The Balaban J connectivity index is 1.22. The Morgan fingerprint density at radius 1 is 1.28 bits per heavy atom. The maximum absolute atomic E-state index is 11.3. The van der Waals surface area contributed by atoms with Crippen LogP contribution in [0.15, 0.2) is 36.4 Å². The maximum atomic E-state index is 11.3. The molecule has 1 amide bonds. The molecule has 0 saturated heterocycles. The summed E-state index contributed by atoms with van der Waals surface area (Å²) in [6.45, 7) is 1.83. The molecule has 8 heteroatoms. The van der Waals surface area contributed by atoms with Gasteiger partial charge in [0.05, 0.1) is 5.69 Å². The van der Waals surface area contributed by atoms with Crippen LogP contribution in [0.2, 0.25) is 5.02 Å². The quantitative estimate of drug-likeness (QED) is 0.471. The number of phenolic OH excluding ortho intramolecular Hbond substituents is 1. The number of benzene rings is 2. The van der Waals surface area contributed by atoms with Crippen molar-refractivity contribution in [2.24, 2.45) is 0 Å². The third-order valence-electron chi connectivity index (χ3n) is 6.11. The van der Waals surface area contributed by atoms with Crippen molar-refractivity contribution in [3.63, 3.8) is 0 Å². The van der Waals surface area contributed by atoms with E-state index in [4.69, 9.17) is 21.1 Å². The number of amides is 1. The lowest BCUT2D eigenvalue weighted by Crippen LogP contribution is -2.46. The van der Waals surface area contributed by atoms with Gasteiger partial charge >= 0.3 is 0 Å². The van der Waals surface area contributed by atoms with Crippen LogP contribution in [0.5, 0.6) is 17.2 Å². The number of ether oxygens (including phenoxy) is 2. The number of nitrogens with one attached hydrogen (secondary N) is 2. The van der Waals surface area contributed by atoms with Crippen LogP contribution >= 0.6 is 11.6 Å². The van der Waals surface area contributed by atoms with E-state index in [1.165, 1.54) is 24.6 Å². The normalized spacial score (nSPS) is 22.8. The van der Waals surface area contributed by atoms with Crippen LogP contribution in [-0.4, -0.2) is 47.0 Å². The number of anilines is 1. The summed E-state index contributed by atoms with van der Waals surface area (Å²) in [5.74, 6) is 1.04. The zero-order valence-corrected chi connectivity index (χ0v) is 18.8. The van der Waals surface area contributed by atoms with Crippen LogP contribution in [-0.2, 0) is 11.2 Å². The first-order valence-electron chi connectivity index (χ1n) is 10.9. The number of carbonyl (C=O) groups excluding carboxylic acids is 1. The number of aliphatic hydroxyl groups is 1. The van der Waals surface area contributed by atoms with Gasteiger partial charge in [-0.1, -0.05) is 11.6 Å². The second-order valence-electron chi connectivity index (χ2n) is 8.72. The number of fused-ring (bicyclic) bond motifs is 1. The van der Waals surface area contributed by atoms with Crippen molar-refractivity contribution >= 4 is 23.2 Å². The van der Waals surface area contributed by atoms with Crippen molar-refractivity contribution in [1.29, 1.82) is 0 Å². The third-order valence-corrected chi connectivity index (χ3v) is 6.34. The zero-order chi connectivity index (χ0) is 22.7. The Bertz CT molecular complexity index is 975. The molecule has 4 N–H and O–H groups in total. The highest BCUT2D eigenvalue weighted by Crippen LogP contribution is 2.44. The molecule has 0 aromatic heterocycles. The Labute approximate surface area is 192 Å². The highest BCUT2D eigenvalue weighted by atomic mass is 35.5. The van der Waals surface area contributed by atoms with Gasteiger partial charge in [-0.15, -0.1) is 0 Å². The van der Waals surface area contributed by atoms with Crippen LogP contribution in [0.1, 0.15) is 38.2 Å². The number of halogens is 1. The molecule has 1 unspecified atom stereocenters. The Hall–Kier alpha value is -2.48. The standard InChI is InChI=1S/C24H29ClN2O5/c1-15(28)27-21-4-3-19(29)11-23(21)31-14-20(30)13-26-18-6-8-24(9-7-18)12-16-10-17(25)2-5-22(16)32-24/h2-5,10-11,18,20,26,29-30H,6-9,12-14H2,1H3,(H,27,28). The summed E-state index contributed by atoms with van der Waals surface area (Å²) in [5.41, 5.74) is 1.50. The summed E-state index contributed by atoms with van der Waals surface area (Å²) in [6.07, 6.45) is 4.00. The highest BCUT2D eigenvalue weighted by Gasteiger charge is 2.42. The molecule has 1 aliphatic heterocycles. The molecule has 2 aromatic carbocycles. The summed E-state index contributed by atoms with van der Waals surface area (Å²) < 4.78 is 11.9. The number of carbonyl (C=O) groups is 1. The molecule has 2 aromatic rings. The van der Waals surface area contributed by atoms with Crippen molar-refractivity contribution in [2.45, 2.75) is 56.8 Å². The maximum Gasteiger partial charge on any atom is 0.221 e. The van der Waals surface area contributed by atoms with E-state index in [2.05, 4.69) is 10.6 Å². The summed E-state index contributed by atoms with van der Waals surface area (Å²) >= 11 is 6.12. The van der Waals surface area contributed by atoms with E-state index in [0.29, 0.717) is 24.0 Å². The lowest BCUT2D eigenvalue weighted by molar-refractivity contribution is -0.114. The van der Waals surface area contributed by atoms with Crippen molar-refractivity contribution < 1.29 is 24.5 Å². The van der Waals surface area contributed by atoms with E-state index in [-0.39, 0.29) is 23.9 Å². The Kier molecular flexibility index (Phi) is 6.79. The van der Waals surface area contributed by atoms with E-state index in [1.807, 2.05) is 18.2 Å². The van der Waals surface area contributed by atoms with Gasteiger partial charge in [0.1, 0.15) is 35.6 Å². The lowest BCUT2D eigenvalue weighted by Gasteiger charge is -2.37. The summed E-state index contributed by atoms with van der Waals surface area (Å²) in [7, 11) is 0. The third kappa shape index (κ3) is 5.46. The van der Waals surface area contributed by atoms with Gasteiger partial charge in [-0.2, -0.15) is 0 Å². The largest absolute Gasteiger partial charge is 0.508 e. The number of aliphatic hydroxyl groups excluding tert-OH is 1. The minimum atomic E-state index is -0.729. The SMILES string of the molecule is CC(=O)Nc1ccc(O)cc1OCC(O)CNC1CCC2(CC1)Cc1cc(Cl)ccc1O2. The van der Waals surface area contributed by atoms with Gasteiger partial charge < -0.3 is 30.3 Å². The van der Waals surface area contributed by atoms with Gasteiger partial charge in [0, 0.05) is 37.0 Å². The fourth-order valence-corrected chi connectivity index (χ4v) is 4.69. The highest BCUT2D eigenvalue weighted by molar-refractivity contribution is 6.30. The molecule has 32 heavy (non-hydrogen) atoms. The minimum Gasteiger partial charge on any atom is -0.508 e. The van der Waals surface area contributed by atoms with E-state index < -0.39 is 6.10 Å². The fourth-order valence-electron chi connectivity index (χ4n) is 4.50. The summed E-state index contributed by atoms with van der Waals surface area (Å²) in [4.78, 5) is 11.3. The fraction of sp³-hybridized carbons (Fsp3) is 0.458. The average molecular weight is 461 g/mol. The first-order valence-corrected chi connectivity index (χ1v) is 11.3. The van der Waals surface area contributed by atoms with Gasteiger partial charge in [-0.3, -0.25) is 4.79 Å². The van der Waals surface area contributed by atoms with Crippen LogP contribution in [0.4, 0.5) is 5.69 Å². The molecule has 1 heterocycles. The number of hydrogen-bond donors (Lipinski definition) is 4. The van der Waals surface area contributed by atoms with Crippen LogP contribution in [0.3, 0.4) is 0 Å². The predicted molar refractivity (Wildman–Crippen MR) is 123 cm³/mol. The molecule has 172 valence electrons. The van der Waals surface area contributed by atoms with Gasteiger partial charge in [0.2, 0.25) is 5.91 Å². The van der Waals surface area contributed by atoms with Gasteiger partial charge in [-0.25, -0.2) is 0 Å². The zero-order valence-electron chi connectivity index (χ0n) is 18.1. The summed E-state index contributed by atoms with van der Waals surface area (Å²) in [6, 6.07) is 10.6. The van der Waals surface area contributed by atoms with Crippen molar-refractivity contribution in [3.8, 4) is 17.2 Å². The second kappa shape index (κ2) is 9.57. The van der Waals surface area contributed by atoms with Crippen molar-refractivity contribution in [3.05, 3.63) is 47.0 Å². The van der Waals surface area contributed by atoms with E-state index in [0.717, 1.165) is 42.9 Å². The first-order chi connectivity index (χ1) is 15.3. The molecule has 2 aliphatic rings. The molecule has 1 aliphatic carbocycles. The molecule has 1 atom stereocenters. The van der Waals surface area contributed by atoms with E-state index in [1.54, 1.807) is 6.07 Å². The molecule has 1 fully saturated rings. The molecular formula is C24H29ClN2O5. The number of hydrogen-bond acceptors (Lipinski definition) is 6. The van der Waals surface area contributed by atoms with Crippen molar-refractivity contribution in [1.82, 2.24) is 5.32 Å².